The minimum absolute atomic E-state index is 0.205. The summed E-state index contributed by atoms with van der Waals surface area (Å²) in [7, 11) is 0. The molecule has 2 aromatic carbocycles. The van der Waals surface area contributed by atoms with Crippen molar-refractivity contribution in [2.75, 3.05) is 20.1 Å². The van der Waals surface area contributed by atoms with E-state index < -0.39 is 6.10 Å². The number of hydrogen-bond acceptors (Lipinski definition) is 6. The quantitative estimate of drug-likeness (QED) is 0.880. The molecule has 0 saturated heterocycles. The van der Waals surface area contributed by atoms with Crippen LogP contribution >= 0.6 is 0 Å². The predicted octanol–water partition coefficient (Wildman–Crippen LogP) is 2.06. The van der Waals surface area contributed by atoms with Gasteiger partial charge in [-0.25, -0.2) is 0 Å². The first-order chi connectivity index (χ1) is 11.8. The third-order valence-electron chi connectivity index (χ3n) is 4.78. The Bertz CT molecular complexity index is 806. The number of aliphatic hydroxyl groups is 1. The lowest BCUT2D eigenvalue weighted by molar-refractivity contribution is 0.125. The van der Waals surface area contributed by atoms with E-state index in [0.717, 1.165) is 35.6 Å². The Labute approximate surface area is 138 Å². The van der Waals surface area contributed by atoms with Crippen LogP contribution in [0.1, 0.15) is 28.8 Å². The summed E-state index contributed by atoms with van der Waals surface area (Å²) in [4.78, 5) is 0. The van der Waals surface area contributed by atoms with Gasteiger partial charge in [-0.15, -0.1) is 0 Å². The molecule has 0 bridgehead atoms. The summed E-state index contributed by atoms with van der Waals surface area (Å²) in [5.74, 6) is 2.91. The van der Waals surface area contributed by atoms with Crippen molar-refractivity contribution in [2.24, 2.45) is 0 Å². The van der Waals surface area contributed by atoms with E-state index in [4.69, 9.17) is 18.9 Å². The molecular formula is C18H17NO5. The second-order valence-electron chi connectivity index (χ2n) is 6.14. The van der Waals surface area contributed by atoms with Crippen molar-refractivity contribution in [3.05, 3.63) is 47.0 Å². The number of benzene rings is 2. The van der Waals surface area contributed by atoms with Crippen molar-refractivity contribution in [2.45, 2.75) is 18.6 Å². The molecule has 2 atom stereocenters. The first-order valence-corrected chi connectivity index (χ1v) is 8.03. The van der Waals surface area contributed by atoms with Crippen molar-refractivity contribution in [3.8, 4) is 23.0 Å². The van der Waals surface area contributed by atoms with Gasteiger partial charge in [0.15, 0.2) is 23.0 Å². The molecule has 24 heavy (non-hydrogen) atoms. The summed E-state index contributed by atoms with van der Waals surface area (Å²) in [6, 6.07) is 9.35. The summed E-state index contributed by atoms with van der Waals surface area (Å²) in [5, 5.41) is 14.4. The van der Waals surface area contributed by atoms with Crippen LogP contribution in [-0.4, -0.2) is 25.2 Å². The van der Waals surface area contributed by atoms with Crippen LogP contribution in [0.4, 0.5) is 0 Å². The Kier molecular flexibility index (Phi) is 3.08. The fourth-order valence-corrected chi connectivity index (χ4v) is 3.55. The normalized spacial score (nSPS) is 21.5. The van der Waals surface area contributed by atoms with Gasteiger partial charge < -0.3 is 29.4 Å². The van der Waals surface area contributed by atoms with Crippen LogP contribution in [0.15, 0.2) is 30.3 Å². The van der Waals surface area contributed by atoms with E-state index >= 15 is 0 Å². The second kappa shape index (κ2) is 5.29. The van der Waals surface area contributed by atoms with Gasteiger partial charge in [-0.2, -0.15) is 0 Å². The lowest BCUT2D eigenvalue weighted by Crippen LogP contribution is -2.33. The fraction of sp³-hybridized carbons (Fsp3) is 0.333. The van der Waals surface area contributed by atoms with Gasteiger partial charge in [-0.05, 0) is 53.9 Å². The van der Waals surface area contributed by atoms with Crippen LogP contribution in [0.5, 0.6) is 23.0 Å². The molecule has 0 unspecified atom stereocenters. The third kappa shape index (κ3) is 2.11. The number of rotatable bonds is 2. The average molecular weight is 327 g/mol. The van der Waals surface area contributed by atoms with Crippen molar-refractivity contribution in [3.63, 3.8) is 0 Å². The second-order valence-corrected chi connectivity index (χ2v) is 6.14. The maximum atomic E-state index is 10.9. The number of nitrogens with one attached hydrogen (secondary N) is 1. The zero-order chi connectivity index (χ0) is 16.1. The molecule has 0 aliphatic carbocycles. The summed E-state index contributed by atoms with van der Waals surface area (Å²) in [5.41, 5.74) is 3.03. The van der Waals surface area contributed by atoms with Crippen LogP contribution in [0, 0.1) is 0 Å². The maximum Gasteiger partial charge on any atom is 0.231 e. The Morgan fingerprint density at radius 3 is 2.46 bits per heavy atom. The molecule has 3 aliphatic rings. The molecule has 0 fully saturated rings. The Morgan fingerprint density at radius 2 is 1.62 bits per heavy atom. The van der Waals surface area contributed by atoms with Crippen LogP contribution < -0.4 is 24.3 Å². The SMILES string of the molecule is O[C@H](c1ccc2c(c1)OCO2)[C@H]1NCCc2cc3c(cc21)OCO3. The monoisotopic (exact) mass is 327 g/mol. The molecule has 0 aromatic heterocycles. The van der Waals surface area contributed by atoms with Gasteiger partial charge in [-0.1, -0.05) is 6.07 Å². The van der Waals surface area contributed by atoms with Crippen LogP contribution in [-0.2, 0) is 6.42 Å². The number of fused-ring (bicyclic) bond motifs is 3. The molecule has 0 saturated carbocycles. The molecule has 0 radical (unpaired) electrons. The lowest BCUT2D eigenvalue weighted by Gasteiger charge is -2.31. The van der Waals surface area contributed by atoms with Gasteiger partial charge in [0.1, 0.15) is 0 Å². The van der Waals surface area contributed by atoms with Gasteiger partial charge in [0.05, 0.1) is 12.1 Å². The van der Waals surface area contributed by atoms with Crippen molar-refractivity contribution in [1.29, 1.82) is 0 Å². The van der Waals surface area contributed by atoms with E-state index in [2.05, 4.69) is 5.32 Å². The van der Waals surface area contributed by atoms with Gasteiger partial charge in [0, 0.05) is 0 Å². The fourth-order valence-electron chi connectivity index (χ4n) is 3.55. The zero-order valence-corrected chi connectivity index (χ0v) is 13.0. The van der Waals surface area contributed by atoms with Gasteiger partial charge in [-0.3, -0.25) is 0 Å². The first kappa shape index (κ1) is 13.9. The highest BCUT2D eigenvalue weighted by atomic mass is 16.7. The molecule has 2 N–H and O–H groups in total. The predicted molar refractivity (Wildman–Crippen MR) is 84.5 cm³/mol. The first-order valence-electron chi connectivity index (χ1n) is 8.03. The molecule has 124 valence electrons. The van der Waals surface area contributed by atoms with Crippen molar-refractivity contribution < 1.29 is 24.1 Å². The Hall–Kier alpha value is -2.44. The molecule has 0 spiro atoms. The van der Waals surface area contributed by atoms with Gasteiger partial charge in [0.2, 0.25) is 13.6 Å². The molecule has 6 nitrogen and oxygen atoms in total. The largest absolute Gasteiger partial charge is 0.454 e. The lowest BCUT2D eigenvalue weighted by atomic mass is 9.88. The van der Waals surface area contributed by atoms with E-state index in [1.807, 2.05) is 30.3 Å². The van der Waals surface area contributed by atoms with Crippen molar-refractivity contribution >= 4 is 0 Å². The number of hydrogen-bond donors (Lipinski definition) is 2. The zero-order valence-electron chi connectivity index (χ0n) is 13.0. The minimum Gasteiger partial charge on any atom is -0.454 e. The van der Waals surface area contributed by atoms with Crippen LogP contribution in [0.25, 0.3) is 0 Å². The third-order valence-corrected chi connectivity index (χ3v) is 4.78. The maximum absolute atomic E-state index is 10.9. The molecular weight excluding hydrogens is 310 g/mol. The summed E-state index contributed by atoms with van der Waals surface area (Å²) < 4.78 is 21.7. The highest BCUT2D eigenvalue weighted by Crippen LogP contribution is 2.43. The molecule has 2 aromatic rings. The van der Waals surface area contributed by atoms with Crippen LogP contribution in [0.3, 0.4) is 0 Å². The van der Waals surface area contributed by atoms with Crippen molar-refractivity contribution in [1.82, 2.24) is 5.32 Å². The summed E-state index contributed by atoms with van der Waals surface area (Å²) in [6.45, 7) is 1.28. The summed E-state index contributed by atoms with van der Waals surface area (Å²) >= 11 is 0. The molecule has 0 amide bonds. The average Bonchev–Trinajstić information content (AvgIpc) is 3.26. The number of aliphatic hydroxyl groups excluding tert-OH is 1. The topological polar surface area (TPSA) is 69.2 Å². The van der Waals surface area contributed by atoms with Gasteiger partial charge >= 0.3 is 0 Å². The Balaban J connectivity index is 1.51. The van der Waals surface area contributed by atoms with Crippen LogP contribution in [0.2, 0.25) is 0 Å². The molecule has 5 rings (SSSR count). The summed E-state index contributed by atoms with van der Waals surface area (Å²) in [6.07, 6.45) is 0.204. The molecule has 3 aliphatic heterocycles. The standard InChI is InChI=1S/C18H17NO5/c20-18(11-1-2-13-14(6-11)22-8-21-13)17-12-7-16-15(23-9-24-16)5-10(12)3-4-19-17/h1-2,5-7,17-20H,3-4,8-9H2/t17-,18+/m0/s1. The molecule has 6 heteroatoms. The smallest absolute Gasteiger partial charge is 0.231 e. The van der Waals surface area contributed by atoms with E-state index in [9.17, 15) is 5.11 Å². The van der Waals surface area contributed by atoms with E-state index in [-0.39, 0.29) is 19.6 Å². The van der Waals surface area contributed by atoms with Gasteiger partial charge in [0.25, 0.3) is 0 Å². The highest BCUT2D eigenvalue weighted by Gasteiger charge is 2.31. The van der Waals surface area contributed by atoms with E-state index in [1.54, 1.807) is 0 Å². The van der Waals surface area contributed by atoms with E-state index in [0.29, 0.717) is 11.5 Å². The highest BCUT2D eigenvalue weighted by molar-refractivity contribution is 5.52. The molecule has 3 heterocycles. The number of ether oxygens (including phenoxy) is 4. The minimum atomic E-state index is -0.695. The van der Waals surface area contributed by atoms with E-state index in [1.165, 1.54) is 5.56 Å². The Morgan fingerprint density at radius 1 is 0.917 bits per heavy atom.